The maximum atomic E-state index is 12.4. The summed E-state index contributed by atoms with van der Waals surface area (Å²) in [5.41, 5.74) is -3.06. The van der Waals surface area contributed by atoms with Gasteiger partial charge in [0.25, 0.3) is 0 Å². The molecule has 0 saturated carbocycles. The second-order valence-electron chi connectivity index (χ2n) is 4.72. The molecule has 0 aliphatic heterocycles. The van der Waals surface area contributed by atoms with Crippen LogP contribution in [0.15, 0.2) is 36.5 Å². The zero-order valence-corrected chi connectivity index (χ0v) is 12.5. The normalized spacial score (nSPS) is 12.2. The summed E-state index contributed by atoms with van der Waals surface area (Å²) >= 11 is 0. The number of halogens is 3. The van der Waals surface area contributed by atoms with Gasteiger partial charge in [0.15, 0.2) is 0 Å². The maximum absolute atomic E-state index is 12.4. The van der Waals surface area contributed by atoms with Crippen molar-refractivity contribution in [2.75, 3.05) is 0 Å². The SMILES string of the molecule is Cc1cc(C)cc(-c2cccnc2OS(=O)(=O)C(F)(F)F)c1. The Labute approximate surface area is 125 Å². The Hall–Kier alpha value is -2.09. The fourth-order valence-corrected chi connectivity index (χ4v) is 2.39. The van der Waals surface area contributed by atoms with Gasteiger partial charge in [-0.1, -0.05) is 29.3 Å². The molecule has 4 nitrogen and oxygen atoms in total. The first-order valence-electron chi connectivity index (χ1n) is 6.14. The lowest BCUT2D eigenvalue weighted by Gasteiger charge is -2.12. The van der Waals surface area contributed by atoms with Gasteiger partial charge in [-0.3, -0.25) is 0 Å². The van der Waals surface area contributed by atoms with Crippen molar-refractivity contribution >= 4 is 10.1 Å². The Morgan fingerprint density at radius 2 is 1.68 bits per heavy atom. The van der Waals surface area contributed by atoms with E-state index in [2.05, 4.69) is 9.17 Å². The van der Waals surface area contributed by atoms with Gasteiger partial charge in [-0.05, 0) is 31.5 Å². The van der Waals surface area contributed by atoms with Crippen molar-refractivity contribution in [3.8, 4) is 17.0 Å². The number of rotatable bonds is 3. The predicted octanol–water partition coefficient (Wildman–Crippen LogP) is 3.59. The average molecular weight is 331 g/mol. The minimum absolute atomic E-state index is 0.169. The summed E-state index contributed by atoms with van der Waals surface area (Å²) in [5.74, 6) is -0.607. The maximum Gasteiger partial charge on any atom is 0.534 e. The summed E-state index contributed by atoms with van der Waals surface area (Å²) in [6, 6.07) is 8.23. The van der Waals surface area contributed by atoms with Gasteiger partial charge in [0, 0.05) is 11.8 Å². The number of hydrogen-bond donors (Lipinski definition) is 0. The van der Waals surface area contributed by atoms with Crippen molar-refractivity contribution in [2.45, 2.75) is 19.4 Å². The highest BCUT2D eigenvalue weighted by Gasteiger charge is 2.49. The van der Waals surface area contributed by atoms with Gasteiger partial charge in [-0.25, -0.2) is 4.98 Å². The van der Waals surface area contributed by atoms with Crippen LogP contribution in [0.2, 0.25) is 0 Å². The van der Waals surface area contributed by atoms with E-state index in [0.29, 0.717) is 5.56 Å². The van der Waals surface area contributed by atoms with E-state index >= 15 is 0 Å². The summed E-state index contributed by atoms with van der Waals surface area (Å²) in [6.45, 7) is 3.64. The van der Waals surface area contributed by atoms with Gasteiger partial charge in [0.1, 0.15) is 0 Å². The number of alkyl halides is 3. The molecule has 2 aromatic rings. The fourth-order valence-electron chi connectivity index (χ4n) is 1.96. The summed E-state index contributed by atoms with van der Waals surface area (Å²) in [6.07, 6.45) is 1.16. The number of benzene rings is 1. The van der Waals surface area contributed by atoms with E-state index in [1.54, 1.807) is 12.1 Å². The molecule has 0 N–H and O–H groups in total. The first kappa shape index (κ1) is 16.3. The van der Waals surface area contributed by atoms with Gasteiger partial charge in [-0.15, -0.1) is 0 Å². The minimum atomic E-state index is -5.76. The summed E-state index contributed by atoms with van der Waals surface area (Å²) < 4.78 is 63.8. The van der Waals surface area contributed by atoms with Crippen molar-refractivity contribution in [1.82, 2.24) is 4.98 Å². The second kappa shape index (κ2) is 5.60. The second-order valence-corrected chi connectivity index (χ2v) is 6.25. The molecule has 22 heavy (non-hydrogen) atoms. The Morgan fingerprint density at radius 3 is 2.23 bits per heavy atom. The van der Waals surface area contributed by atoms with Crippen LogP contribution in [-0.4, -0.2) is 18.9 Å². The first-order chi connectivity index (χ1) is 10.1. The molecule has 0 radical (unpaired) electrons. The van der Waals surface area contributed by atoms with Gasteiger partial charge in [0.2, 0.25) is 5.88 Å². The highest BCUT2D eigenvalue weighted by molar-refractivity contribution is 7.88. The zero-order chi connectivity index (χ0) is 16.5. The van der Waals surface area contributed by atoms with Crippen molar-refractivity contribution in [1.29, 1.82) is 0 Å². The largest absolute Gasteiger partial charge is 0.534 e. The highest BCUT2D eigenvalue weighted by atomic mass is 32.2. The molecule has 1 heterocycles. The minimum Gasteiger partial charge on any atom is -0.355 e. The van der Waals surface area contributed by atoms with Gasteiger partial charge in [0.05, 0.1) is 0 Å². The first-order valence-corrected chi connectivity index (χ1v) is 7.55. The quantitative estimate of drug-likeness (QED) is 0.637. The third kappa shape index (κ3) is 3.38. The molecule has 1 aromatic carbocycles. The highest BCUT2D eigenvalue weighted by Crippen LogP contribution is 2.33. The molecule has 0 aliphatic rings. The van der Waals surface area contributed by atoms with E-state index in [0.717, 1.165) is 17.3 Å². The molecule has 0 saturated heterocycles. The van der Waals surface area contributed by atoms with Crippen molar-refractivity contribution in [3.05, 3.63) is 47.7 Å². The fraction of sp³-hybridized carbons (Fsp3) is 0.214. The molecule has 0 amide bonds. The van der Waals surface area contributed by atoms with Crippen LogP contribution in [0.4, 0.5) is 13.2 Å². The van der Waals surface area contributed by atoms with Crippen molar-refractivity contribution in [2.24, 2.45) is 0 Å². The molecule has 0 bridgehead atoms. The van der Waals surface area contributed by atoms with E-state index in [4.69, 9.17) is 0 Å². The van der Waals surface area contributed by atoms with E-state index in [1.165, 1.54) is 12.1 Å². The Bertz CT molecular complexity index is 781. The third-order valence-electron chi connectivity index (χ3n) is 2.78. The molecular weight excluding hydrogens is 319 g/mol. The van der Waals surface area contributed by atoms with E-state index < -0.39 is 21.5 Å². The van der Waals surface area contributed by atoms with E-state index in [9.17, 15) is 21.6 Å². The summed E-state index contributed by atoms with van der Waals surface area (Å²) in [4.78, 5) is 3.61. The van der Waals surface area contributed by atoms with Gasteiger partial charge < -0.3 is 4.18 Å². The monoisotopic (exact) mass is 331 g/mol. The van der Waals surface area contributed by atoms with E-state index in [-0.39, 0.29) is 5.56 Å². The Balaban J connectivity index is 2.52. The Kier molecular flexibility index (Phi) is 4.15. The number of aromatic nitrogens is 1. The van der Waals surface area contributed by atoms with Crippen LogP contribution in [0.25, 0.3) is 11.1 Å². The molecule has 118 valence electrons. The van der Waals surface area contributed by atoms with Crippen LogP contribution in [0, 0.1) is 13.8 Å². The zero-order valence-electron chi connectivity index (χ0n) is 11.7. The van der Waals surface area contributed by atoms with Crippen LogP contribution in [0.1, 0.15) is 11.1 Å². The van der Waals surface area contributed by atoms with Crippen LogP contribution in [0.5, 0.6) is 5.88 Å². The number of pyridine rings is 1. The number of aryl methyl sites for hydroxylation is 2. The Morgan fingerprint density at radius 1 is 1.09 bits per heavy atom. The van der Waals surface area contributed by atoms with Crippen LogP contribution in [0.3, 0.4) is 0 Å². The van der Waals surface area contributed by atoms with E-state index in [1.807, 2.05) is 19.9 Å². The smallest absolute Gasteiger partial charge is 0.355 e. The average Bonchev–Trinajstić information content (AvgIpc) is 2.36. The third-order valence-corrected chi connectivity index (χ3v) is 3.72. The molecule has 8 heteroatoms. The summed E-state index contributed by atoms with van der Waals surface area (Å²) in [5, 5.41) is 0. The molecule has 2 rings (SSSR count). The van der Waals surface area contributed by atoms with Crippen LogP contribution < -0.4 is 4.18 Å². The van der Waals surface area contributed by atoms with Crippen LogP contribution >= 0.6 is 0 Å². The molecule has 0 fully saturated rings. The lowest BCUT2D eigenvalue weighted by Crippen LogP contribution is -2.28. The molecule has 0 atom stereocenters. The molecule has 0 unspecified atom stereocenters. The molecular formula is C14H12F3NO3S. The molecule has 1 aromatic heterocycles. The lowest BCUT2D eigenvalue weighted by atomic mass is 10.0. The summed E-state index contributed by atoms with van der Waals surface area (Å²) in [7, 11) is -5.76. The number of hydrogen-bond acceptors (Lipinski definition) is 4. The van der Waals surface area contributed by atoms with Gasteiger partial charge in [-0.2, -0.15) is 21.6 Å². The van der Waals surface area contributed by atoms with Crippen molar-refractivity contribution < 1.29 is 25.8 Å². The standard InChI is InChI=1S/C14H12F3NO3S/c1-9-6-10(2)8-11(7-9)12-4-3-5-18-13(12)21-22(19,20)14(15,16)17/h3-8H,1-2H3. The topological polar surface area (TPSA) is 56.3 Å². The van der Waals surface area contributed by atoms with Crippen molar-refractivity contribution in [3.63, 3.8) is 0 Å². The predicted molar refractivity (Wildman–Crippen MR) is 74.7 cm³/mol. The van der Waals surface area contributed by atoms with Crippen LogP contribution in [-0.2, 0) is 10.1 Å². The molecule has 0 spiro atoms. The lowest BCUT2D eigenvalue weighted by molar-refractivity contribution is -0.0501. The van der Waals surface area contributed by atoms with Gasteiger partial charge >= 0.3 is 15.6 Å². The molecule has 0 aliphatic carbocycles. The number of nitrogens with zero attached hydrogens (tertiary/aromatic N) is 1.